The van der Waals surface area contributed by atoms with Crippen molar-refractivity contribution in [1.29, 1.82) is 0 Å². The van der Waals surface area contributed by atoms with Gasteiger partial charge in [-0.3, -0.25) is 0 Å². The Morgan fingerprint density at radius 3 is 2.60 bits per heavy atom. The molecule has 0 saturated carbocycles. The van der Waals surface area contributed by atoms with E-state index in [0.717, 1.165) is 12.1 Å². The minimum absolute atomic E-state index is 0.0713. The molecule has 0 aliphatic carbocycles. The average molecular weight is 305 g/mol. The highest BCUT2D eigenvalue weighted by Crippen LogP contribution is 2.23. The number of benzene rings is 1. The van der Waals surface area contributed by atoms with Gasteiger partial charge in [-0.1, -0.05) is 0 Å². The number of nitrogens with zero attached hydrogens (tertiary/aromatic N) is 3. The Balaban J connectivity index is 2.32. The van der Waals surface area contributed by atoms with E-state index in [1.54, 1.807) is 6.92 Å². The van der Waals surface area contributed by atoms with Crippen molar-refractivity contribution < 1.29 is 17.9 Å². The first kappa shape index (κ1) is 14.3. The fourth-order valence-electron chi connectivity index (χ4n) is 1.32. The molecular weight excluding hydrogens is 297 g/mol. The van der Waals surface area contributed by atoms with E-state index < -0.39 is 17.5 Å². The van der Waals surface area contributed by atoms with Crippen LogP contribution in [0.15, 0.2) is 12.1 Å². The summed E-state index contributed by atoms with van der Waals surface area (Å²) in [7, 11) is 0. The molecule has 0 amide bonds. The summed E-state index contributed by atoms with van der Waals surface area (Å²) >= 11 is 5.64. The maximum Gasteiger partial charge on any atom is 0.322 e. The first-order valence-electron chi connectivity index (χ1n) is 5.46. The van der Waals surface area contributed by atoms with Crippen LogP contribution in [0.25, 0.3) is 0 Å². The van der Waals surface area contributed by atoms with Crippen LogP contribution in [-0.4, -0.2) is 21.6 Å². The highest BCUT2D eigenvalue weighted by molar-refractivity contribution is 6.28. The summed E-state index contributed by atoms with van der Waals surface area (Å²) in [4.78, 5) is 11.1. The first-order valence-corrected chi connectivity index (χ1v) is 5.84. The summed E-state index contributed by atoms with van der Waals surface area (Å²) < 4.78 is 44.4. The van der Waals surface area contributed by atoms with Gasteiger partial charge in [-0.25, -0.2) is 13.2 Å². The van der Waals surface area contributed by atoms with Gasteiger partial charge < -0.3 is 10.1 Å². The van der Waals surface area contributed by atoms with Crippen molar-refractivity contribution in [2.24, 2.45) is 0 Å². The number of anilines is 2. The molecular formula is C11H8ClF3N4O. The Bertz CT molecular complexity index is 641. The van der Waals surface area contributed by atoms with Crippen LogP contribution < -0.4 is 10.1 Å². The van der Waals surface area contributed by atoms with Gasteiger partial charge in [0.1, 0.15) is 0 Å². The highest BCUT2D eigenvalue weighted by atomic mass is 35.5. The number of aromatic nitrogens is 3. The molecule has 20 heavy (non-hydrogen) atoms. The fourth-order valence-corrected chi connectivity index (χ4v) is 1.48. The molecule has 0 spiro atoms. The average Bonchev–Trinajstić information content (AvgIpc) is 2.39. The van der Waals surface area contributed by atoms with Crippen LogP contribution in [0.3, 0.4) is 0 Å². The summed E-state index contributed by atoms with van der Waals surface area (Å²) in [6, 6.07) is 1.71. The Kier molecular flexibility index (Phi) is 4.23. The van der Waals surface area contributed by atoms with Crippen molar-refractivity contribution in [3.05, 3.63) is 34.9 Å². The maximum atomic E-state index is 13.5. The van der Waals surface area contributed by atoms with E-state index in [4.69, 9.17) is 16.3 Å². The largest absolute Gasteiger partial charge is 0.464 e. The summed E-state index contributed by atoms with van der Waals surface area (Å²) in [5.41, 5.74) is -0.339. The zero-order valence-electron chi connectivity index (χ0n) is 10.1. The summed E-state index contributed by atoms with van der Waals surface area (Å²) in [6.45, 7) is 2.00. The Morgan fingerprint density at radius 2 is 1.90 bits per heavy atom. The highest BCUT2D eigenvalue weighted by Gasteiger charge is 2.15. The predicted octanol–water partition coefficient (Wildman–Crippen LogP) is 3.08. The van der Waals surface area contributed by atoms with E-state index in [9.17, 15) is 13.2 Å². The number of hydrogen-bond acceptors (Lipinski definition) is 5. The van der Waals surface area contributed by atoms with Crippen molar-refractivity contribution in [2.45, 2.75) is 6.92 Å². The molecule has 1 heterocycles. The van der Waals surface area contributed by atoms with Gasteiger partial charge in [-0.2, -0.15) is 15.0 Å². The third-order valence-electron chi connectivity index (χ3n) is 2.14. The monoisotopic (exact) mass is 304 g/mol. The molecule has 0 unspecified atom stereocenters. The molecule has 0 radical (unpaired) electrons. The molecule has 1 aromatic heterocycles. The quantitative estimate of drug-likeness (QED) is 0.880. The minimum atomic E-state index is -1.60. The number of halogens is 4. The summed E-state index contributed by atoms with van der Waals surface area (Å²) in [5.74, 6) is -4.44. The third kappa shape index (κ3) is 3.08. The van der Waals surface area contributed by atoms with E-state index in [0.29, 0.717) is 6.61 Å². The summed E-state index contributed by atoms with van der Waals surface area (Å²) in [6.07, 6.45) is 0. The van der Waals surface area contributed by atoms with Gasteiger partial charge >= 0.3 is 6.01 Å². The molecule has 9 heteroatoms. The van der Waals surface area contributed by atoms with Gasteiger partial charge in [-0.15, -0.1) is 0 Å². The smallest absolute Gasteiger partial charge is 0.322 e. The number of hydrogen-bond donors (Lipinski definition) is 1. The summed E-state index contributed by atoms with van der Waals surface area (Å²) in [5, 5.41) is 2.19. The van der Waals surface area contributed by atoms with E-state index in [1.165, 1.54) is 0 Å². The van der Waals surface area contributed by atoms with Gasteiger partial charge in [0.05, 0.1) is 12.3 Å². The van der Waals surface area contributed by atoms with E-state index in [2.05, 4.69) is 20.3 Å². The maximum absolute atomic E-state index is 13.5. The molecule has 0 aliphatic heterocycles. The van der Waals surface area contributed by atoms with Crippen molar-refractivity contribution in [1.82, 2.24) is 15.0 Å². The zero-order chi connectivity index (χ0) is 14.7. The van der Waals surface area contributed by atoms with Crippen LogP contribution in [0.5, 0.6) is 6.01 Å². The zero-order valence-corrected chi connectivity index (χ0v) is 10.9. The number of rotatable bonds is 4. The van der Waals surface area contributed by atoms with E-state index in [-0.39, 0.29) is 22.9 Å². The SMILES string of the molecule is CCOc1nc(Cl)nc(Nc2ccc(F)c(F)c2F)n1. The lowest BCUT2D eigenvalue weighted by Crippen LogP contribution is -2.05. The second-order valence-electron chi connectivity index (χ2n) is 3.49. The topological polar surface area (TPSA) is 59.9 Å². The van der Waals surface area contributed by atoms with Crippen LogP contribution in [-0.2, 0) is 0 Å². The number of nitrogens with one attached hydrogen (secondary N) is 1. The normalized spacial score (nSPS) is 10.4. The second-order valence-corrected chi connectivity index (χ2v) is 3.83. The molecule has 0 fully saturated rings. The molecule has 1 aromatic carbocycles. The van der Waals surface area contributed by atoms with Gasteiger partial charge in [0.2, 0.25) is 11.2 Å². The molecule has 5 nitrogen and oxygen atoms in total. The van der Waals surface area contributed by atoms with Gasteiger partial charge in [0, 0.05) is 0 Å². The predicted molar refractivity (Wildman–Crippen MR) is 65.6 cm³/mol. The lowest BCUT2D eigenvalue weighted by atomic mass is 10.3. The van der Waals surface area contributed by atoms with Crippen LogP contribution in [0, 0.1) is 17.5 Å². The lowest BCUT2D eigenvalue weighted by molar-refractivity contribution is 0.312. The molecule has 2 rings (SSSR count). The van der Waals surface area contributed by atoms with Crippen molar-refractivity contribution in [2.75, 3.05) is 11.9 Å². The molecule has 2 aromatic rings. The first-order chi connectivity index (χ1) is 9.51. The second kappa shape index (κ2) is 5.91. The Hall–Kier alpha value is -2.09. The lowest BCUT2D eigenvalue weighted by Gasteiger charge is -2.08. The van der Waals surface area contributed by atoms with E-state index in [1.807, 2.05) is 0 Å². The molecule has 106 valence electrons. The molecule has 0 atom stereocenters. The van der Waals surface area contributed by atoms with Crippen LogP contribution >= 0.6 is 11.6 Å². The van der Waals surface area contributed by atoms with Crippen LogP contribution in [0.2, 0.25) is 5.28 Å². The van der Waals surface area contributed by atoms with Gasteiger partial charge in [0.15, 0.2) is 17.5 Å². The Morgan fingerprint density at radius 1 is 1.15 bits per heavy atom. The Labute approximate surface area is 116 Å². The molecule has 0 aliphatic rings. The third-order valence-corrected chi connectivity index (χ3v) is 2.31. The van der Waals surface area contributed by atoms with E-state index >= 15 is 0 Å². The van der Waals surface area contributed by atoms with Gasteiger partial charge in [0.25, 0.3) is 0 Å². The minimum Gasteiger partial charge on any atom is -0.464 e. The molecule has 0 saturated heterocycles. The standard InChI is InChI=1S/C11H8ClF3N4O/c1-2-20-11-18-9(12)17-10(19-11)16-6-4-3-5(13)7(14)8(6)15/h3-4H,2H2,1H3,(H,16,17,18,19). The van der Waals surface area contributed by atoms with Crippen molar-refractivity contribution in [3.8, 4) is 6.01 Å². The van der Waals surface area contributed by atoms with Crippen molar-refractivity contribution >= 4 is 23.2 Å². The van der Waals surface area contributed by atoms with Gasteiger partial charge in [-0.05, 0) is 30.7 Å². The van der Waals surface area contributed by atoms with Crippen LogP contribution in [0.4, 0.5) is 24.8 Å². The van der Waals surface area contributed by atoms with Crippen LogP contribution in [0.1, 0.15) is 6.92 Å². The molecule has 0 bridgehead atoms. The van der Waals surface area contributed by atoms with Crippen molar-refractivity contribution in [3.63, 3.8) is 0 Å². The molecule has 1 N–H and O–H groups in total. The number of ether oxygens (including phenoxy) is 1. The fraction of sp³-hybridized carbons (Fsp3) is 0.182.